The zero-order valence-corrected chi connectivity index (χ0v) is 11.1. The van der Waals surface area contributed by atoms with Crippen molar-refractivity contribution in [2.45, 2.75) is 39.0 Å². The number of hydrogen-bond acceptors (Lipinski definition) is 1. The number of nitrogens with zero attached hydrogens (tertiary/aromatic N) is 1. The summed E-state index contributed by atoms with van der Waals surface area (Å²) in [7, 11) is 0. The molecular weight excluding hydrogens is 249 g/mol. The highest BCUT2D eigenvalue weighted by atomic mass is 35.5. The van der Waals surface area contributed by atoms with E-state index in [0.717, 1.165) is 40.9 Å². The molecular formula is C15H15ClFN. The number of halogens is 2. The molecule has 0 spiro atoms. The number of hydrogen-bond donors (Lipinski definition) is 0. The Kier molecular flexibility index (Phi) is 2.98. The van der Waals surface area contributed by atoms with E-state index in [-0.39, 0.29) is 5.82 Å². The fourth-order valence-electron chi connectivity index (χ4n) is 2.82. The molecule has 1 heterocycles. The lowest BCUT2D eigenvalue weighted by Crippen LogP contribution is -1.99. The van der Waals surface area contributed by atoms with Crippen molar-refractivity contribution in [3.05, 3.63) is 39.8 Å². The molecule has 2 aromatic rings. The summed E-state index contributed by atoms with van der Waals surface area (Å²) >= 11 is 6.53. The first-order valence-corrected chi connectivity index (χ1v) is 6.81. The van der Waals surface area contributed by atoms with Crippen molar-refractivity contribution in [3.8, 4) is 0 Å². The summed E-state index contributed by atoms with van der Waals surface area (Å²) in [6.07, 6.45) is 5.49. The van der Waals surface area contributed by atoms with E-state index in [9.17, 15) is 4.39 Å². The van der Waals surface area contributed by atoms with Crippen molar-refractivity contribution in [1.29, 1.82) is 0 Å². The van der Waals surface area contributed by atoms with Crippen LogP contribution in [0.25, 0.3) is 10.9 Å². The lowest BCUT2D eigenvalue weighted by Gasteiger charge is -2.12. The Bertz CT molecular complexity index is 622. The van der Waals surface area contributed by atoms with Gasteiger partial charge in [0.2, 0.25) is 0 Å². The van der Waals surface area contributed by atoms with Gasteiger partial charge in [-0.2, -0.15) is 0 Å². The summed E-state index contributed by atoms with van der Waals surface area (Å²) in [5, 5.41) is 1.70. The first-order chi connectivity index (χ1) is 8.66. The van der Waals surface area contributed by atoms with Gasteiger partial charge in [-0.25, -0.2) is 4.39 Å². The van der Waals surface area contributed by atoms with Gasteiger partial charge in [0.1, 0.15) is 5.82 Å². The molecule has 0 bridgehead atoms. The number of rotatable bonds is 0. The molecule has 1 nitrogen and oxygen atoms in total. The van der Waals surface area contributed by atoms with Gasteiger partial charge in [-0.15, -0.1) is 0 Å². The largest absolute Gasteiger partial charge is 0.252 e. The minimum absolute atomic E-state index is 0.239. The lowest BCUT2D eigenvalue weighted by molar-refractivity contribution is 0.628. The Morgan fingerprint density at radius 1 is 1.17 bits per heavy atom. The van der Waals surface area contributed by atoms with Gasteiger partial charge in [-0.3, -0.25) is 4.98 Å². The monoisotopic (exact) mass is 263 g/mol. The summed E-state index contributed by atoms with van der Waals surface area (Å²) in [6, 6.07) is 3.01. The van der Waals surface area contributed by atoms with Gasteiger partial charge in [-0.05, 0) is 49.8 Å². The molecule has 0 amide bonds. The van der Waals surface area contributed by atoms with E-state index in [1.54, 1.807) is 0 Å². The van der Waals surface area contributed by atoms with E-state index in [1.165, 1.54) is 30.5 Å². The number of benzene rings is 1. The second-order valence-corrected chi connectivity index (χ2v) is 5.41. The maximum Gasteiger partial charge on any atom is 0.125 e. The average molecular weight is 264 g/mol. The average Bonchev–Trinajstić information content (AvgIpc) is 2.53. The number of pyridine rings is 1. The van der Waals surface area contributed by atoms with Crippen molar-refractivity contribution < 1.29 is 4.39 Å². The van der Waals surface area contributed by atoms with Crippen molar-refractivity contribution in [1.82, 2.24) is 4.98 Å². The molecule has 0 unspecified atom stereocenters. The second-order valence-electron chi connectivity index (χ2n) is 5.03. The fourth-order valence-corrected chi connectivity index (χ4v) is 3.27. The van der Waals surface area contributed by atoms with E-state index < -0.39 is 0 Å². The Hall–Kier alpha value is -1.15. The highest BCUT2D eigenvalue weighted by molar-refractivity contribution is 6.36. The molecule has 0 saturated heterocycles. The van der Waals surface area contributed by atoms with Crippen LogP contribution in [0.4, 0.5) is 4.39 Å². The Morgan fingerprint density at radius 3 is 2.78 bits per heavy atom. The van der Waals surface area contributed by atoms with Gasteiger partial charge in [0.05, 0.1) is 10.5 Å². The quantitative estimate of drug-likeness (QED) is 0.633. The van der Waals surface area contributed by atoms with E-state index in [4.69, 9.17) is 11.6 Å². The van der Waals surface area contributed by atoms with Crippen LogP contribution in [0.2, 0.25) is 5.02 Å². The summed E-state index contributed by atoms with van der Waals surface area (Å²) < 4.78 is 13.5. The SMILES string of the molecule is Cc1cc(F)cc2nc3c(c(Cl)c12)CCCCC3. The molecule has 3 heteroatoms. The minimum atomic E-state index is -0.239. The number of aryl methyl sites for hydroxylation is 2. The Morgan fingerprint density at radius 2 is 1.94 bits per heavy atom. The molecule has 94 valence electrons. The molecule has 1 aromatic heterocycles. The number of aromatic nitrogens is 1. The molecule has 0 radical (unpaired) electrons. The summed E-state index contributed by atoms with van der Waals surface area (Å²) in [4.78, 5) is 4.63. The van der Waals surface area contributed by atoms with Gasteiger partial charge >= 0.3 is 0 Å². The molecule has 1 aliphatic rings. The predicted octanol–water partition coefficient (Wildman–Crippen LogP) is 4.60. The van der Waals surface area contributed by atoms with Crippen LogP contribution in [-0.4, -0.2) is 4.98 Å². The number of fused-ring (bicyclic) bond motifs is 2. The van der Waals surface area contributed by atoms with E-state index >= 15 is 0 Å². The van der Waals surface area contributed by atoms with Crippen LogP contribution in [-0.2, 0) is 12.8 Å². The maximum absolute atomic E-state index is 13.5. The highest BCUT2D eigenvalue weighted by Gasteiger charge is 2.17. The van der Waals surface area contributed by atoms with E-state index in [2.05, 4.69) is 4.98 Å². The van der Waals surface area contributed by atoms with Crippen LogP contribution in [0.3, 0.4) is 0 Å². The molecule has 0 atom stereocenters. The fraction of sp³-hybridized carbons (Fsp3) is 0.400. The molecule has 3 rings (SSSR count). The van der Waals surface area contributed by atoms with Crippen molar-refractivity contribution in [2.75, 3.05) is 0 Å². The van der Waals surface area contributed by atoms with Crippen molar-refractivity contribution in [3.63, 3.8) is 0 Å². The van der Waals surface area contributed by atoms with Crippen LogP contribution in [0.1, 0.15) is 36.1 Å². The Labute approximate surface area is 111 Å². The molecule has 0 N–H and O–H groups in total. The maximum atomic E-state index is 13.5. The van der Waals surface area contributed by atoms with Gasteiger partial charge in [-0.1, -0.05) is 18.0 Å². The van der Waals surface area contributed by atoms with Gasteiger partial charge < -0.3 is 0 Å². The predicted molar refractivity (Wildman–Crippen MR) is 72.7 cm³/mol. The molecule has 1 aromatic carbocycles. The molecule has 1 aliphatic carbocycles. The van der Waals surface area contributed by atoms with Crippen LogP contribution < -0.4 is 0 Å². The summed E-state index contributed by atoms with van der Waals surface area (Å²) in [5.74, 6) is -0.239. The molecule has 0 fully saturated rings. The smallest absolute Gasteiger partial charge is 0.125 e. The highest BCUT2D eigenvalue weighted by Crippen LogP contribution is 2.34. The summed E-state index contributed by atoms with van der Waals surface area (Å²) in [5.41, 5.74) is 3.80. The lowest BCUT2D eigenvalue weighted by atomic mass is 10.0. The third-order valence-electron chi connectivity index (χ3n) is 3.71. The van der Waals surface area contributed by atoms with E-state index in [1.807, 2.05) is 6.92 Å². The van der Waals surface area contributed by atoms with Crippen LogP contribution in [0, 0.1) is 12.7 Å². The zero-order chi connectivity index (χ0) is 12.7. The Balaban J connectivity index is 2.34. The molecule has 0 aliphatic heterocycles. The topological polar surface area (TPSA) is 12.9 Å². The standard InChI is InChI=1S/C15H15ClFN/c1-9-7-10(17)8-13-14(9)15(16)11-5-3-2-4-6-12(11)18-13/h7-8H,2-6H2,1H3. The molecule has 18 heavy (non-hydrogen) atoms. The van der Waals surface area contributed by atoms with Crippen molar-refractivity contribution >= 4 is 22.5 Å². The van der Waals surface area contributed by atoms with Crippen molar-refractivity contribution in [2.24, 2.45) is 0 Å². The minimum Gasteiger partial charge on any atom is -0.252 e. The first-order valence-electron chi connectivity index (χ1n) is 6.44. The summed E-state index contributed by atoms with van der Waals surface area (Å²) in [6.45, 7) is 1.89. The first kappa shape index (κ1) is 11.9. The molecule has 0 saturated carbocycles. The van der Waals surface area contributed by atoms with Gasteiger partial charge in [0.15, 0.2) is 0 Å². The van der Waals surface area contributed by atoms with Gasteiger partial charge in [0.25, 0.3) is 0 Å². The van der Waals surface area contributed by atoms with Crippen LogP contribution in [0.5, 0.6) is 0 Å². The second kappa shape index (κ2) is 4.51. The normalized spacial score (nSPS) is 15.5. The third-order valence-corrected chi connectivity index (χ3v) is 4.13. The zero-order valence-electron chi connectivity index (χ0n) is 10.4. The van der Waals surface area contributed by atoms with E-state index in [0.29, 0.717) is 5.52 Å². The third kappa shape index (κ3) is 1.89. The van der Waals surface area contributed by atoms with Crippen LogP contribution in [0.15, 0.2) is 12.1 Å². The van der Waals surface area contributed by atoms with Gasteiger partial charge in [0, 0.05) is 17.1 Å². The van der Waals surface area contributed by atoms with Crippen LogP contribution >= 0.6 is 11.6 Å².